The van der Waals surface area contributed by atoms with E-state index in [1.165, 1.54) is 23.1 Å². The summed E-state index contributed by atoms with van der Waals surface area (Å²) in [4.78, 5) is 118. The Hall–Kier alpha value is -6.05. The molecule has 342 valence electrons. The van der Waals surface area contributed by atoms with Gasteiger partial charge < -0.3 is 52.6 Å². The van der Waals surface area contributed by atoms with Crippen LogP contribution in [0.3, 0.4) is 0 Å². The molecular weight excluding hydrogens is 877 g/mol. The Morgan fingerprint density at radius 2 is 1.81 bits per heavy atom. The summed E-state index contributed by atoms with van der Waals surface area (Å²) in [6, 6.07) is -3.58. The summed E-state index contributed by atoms with van der Waals surface area (Å²) in [5, 5.41) is 33.1. The number of aliphatic carboxylic acids is 2. The minimum atomic E-state index is -1.44. The van der Waals surface area contributed by atoms with Gasteiger partial charge in [-0.15, -0.1) is 0 Å². The third-order valence-corrected chi connectivity index (χ3v) is 14.3. The van der Waals surface area contributed by atoms with Crippen LogP contribution < -0.4 is 38.1 Å². The molecule has 0 aromatic heterocycles. The van der Waals surface area contributed by atoms with Gasteiger partial charge in [-0.2, -0.15) is 0 Å². The number of carbonyl (C=O) groups excluding carboxylic acids is 6. The Labute approximate surface area is 373 Å². The molecule has 2 fully saturated rings. The Bertz CT molecular complexity index is 2260. The molecule has 0 aromatic carbocycles. The molecule has 25 heteroatoms. The van der Waals surface area contributed by atoms with Gasteiger partial charge in [0, 0.05) is 84.5 Å². The Balaban J connectivity index is 0.811. The largest absolute Gasteiger partial charge is 0.480 e. The molecule has 2 aliphatic carbocycles. The van der Waals surface area contributed by atoms with Crippen molar-refractivity contribution in [3.8, 4) is 0 Å². The average molecular weight is 925 g/mol. The molecule has 10 atom stereocenters. The van der Waals surface area contributed by atoms with Gasteiger partial charge in [0.25, 0.3) is 11.8 Å². The number of primary amides is 1. The van der Waals surface area contributed by atoms with Crippen molar-refractivity contribution in [2.45, 2.75) is 74.6 Å². The Morgan fingerprint density at radius 3 is 2.52 bits per heavy atom. The van der Waals surface area contributed by atoms with Gasteiger partial charge in [0.1, 0.15) is 18.7 Å². The van der Waals surface area contributed by atoms with Gasteiger partial charge in [-0.05, 0) is 26.8 Å². The van der Waals surface area contributed by atoms with E-state index >= 15 is 0 Å². The van der Waals surface area contributed by atoms with E-state index in [1.807, 2.05) is 11.9 Å². The normalized spacial score (nSPS) is 28.4. The van der Waals surface area contributed by atoms with E-state index in [1.54, 1.807) is 19.1 Å². The van der Waals surface area contributed by atoms with E-state index in [2.05, 4.69) is 46.5 Å². The smallest absolute Gasteiger partial charge is 0.404 e. The van der Waals surface area contributed by atoms with Gasteiger partial charge >= 0.3 is 18.0 Å². The highest BCUT2D eigenvalue weighted by Gasteiger charge is 2.65. The van der Waals surface area contributed by atoms with Crippen LogP contribution in [0.4, 0.5) is 4.79 Å². The first-order valence-electron chi connectivity index (χ1n) is 20.4. The first kappa shape index (κ1) is 46.0. The zero-order chi connectivity index (χ0) is 46.0. The number of fused-ring (bicyclic) bond motifs is 5. The SMILES string of the molecule is CC1=C(NCCSSCC(NC(=O)CCC(NC(=O)C2=CCC(NCC3=NC4C(=O)NC(N)=NC4N=C3)C=C2)C(=O)O)C(=O)O)C(=O)C2=C(C1=O)N1CC3C(C1C2COC(N)=O)N3C. The molecule has 0 aromatic rings. The van der Waals surface area contributed by atoms with Gasteiger partial charge in [0.05, 0.1) is 23.1 Å². The van der Waals surface area contributed by atoms with E-state index in [-0.39, 0.29) is 96.8 Å². The van der Waals surface area contributed by atoms with Crippen molar-refractivity contribution >= 4 is 86.8 Å². The summed E-state index contributed by atoms with van der Waals surface area (Å²) in [7, 11) is 4.41. The molecule has 5 aliphatic heterocycles. The van der Waals surface area contributed by atoms with Gasteiger partial charge in [0.15, 0.2) is 18.2 Å². The number of aliphatic imine (C=N–C) groups is 3. The van der Waals surface area contributed by atoms with Crippen molar-refractivity contribution in [1.82, 2.24) is 36.4 Å². The van der Waals surface area contributed by atoms with Crippen molar-refractivity contribution in [1.29, 1.82) is 0 Å². The lowest BCUT2D eigenvalue weighted by Crippen LogP contribution is -2.52. The molecule has 7 rings (SSSR count). The van der Waals surface area contributed by atoms with Crippen LogP contribution in [0.2, 0.25) is 0 Å². The lowest BCUT2D eigenvalue weighted by Gasteiger charge is -2.28. The number of hydrogen-bond donors (Lipinski definition) is 9. The standard InChI is InChI=1S/C39H48N12O11S2/c1-16-26(32(54)25-20(14-62-39(41)61)28-29-23(50(29)2)13-51(28)30(25)31(16)53)42-9-10-63-64-15-22(37(59)60)46-24(52)8-7-21(36(57)58)47-34(55)17-3-5-18(6-4-17)43-11-19-12-44-33-27(45-19)35(56)49-38(40)48-33/h3-5,12,18,20-23,27-29,33,42-43H,6-11,13-15H2,1-2H3,(H2,41,61)(H,46,52)(H,47,55)(H,57,58)(H,59,60)(H3,40,48,49,56). The number of carboxylic acids is 2. The number of carbonyl (C=O) groups is 8. The summed E-state index contributed by atoms with van der Waals surface area (Å²) in [6.45, 7) is 2.56. The van der Waals surface area contributed by atoms with Crippen LogP contribution in [0.1, 0.15) is 26.2 Å². The molecular formula is C39H48N12O11S2. The topological polar surface area (TPSA) is 342 Å². The van der Waals surface area contributed by atoms with Crippen molar-refractivity contribution in [3.63, 3.8) is 0 Å². The van der Waals surface area contributed by atoms with E-state index < -0.39 is 66.0 Å². The van der Waals surface area contributed by atoms with Gasteiger partial charge in [-0.3, -0.25) is 44.2 Å². The van der Waals surface area contributed by atoms with Gasteiger partial charge in [0.2, 0.25) is 17.5 Å². The summed E-state index contributed by atoms with van der Waals surface area (Å²) in [5.74, 6) is -5.28. The molecule has 0 radical (unpaired) electrons. The van der Waals surface area contributed by atoms with E-state index in [4.69, 9.17) is 16.2 Å². The number of amides is 4. The van der Waals surface area contributed by atoms with E-state index in [9.17, 15) is 48.6 Å². The van der Waals surface area contributed by atoms with Crippen molar-refractivity contribution in [3.05, 3.63) is 46.3 Å². The number of nitrogens with one attached hydrogen (secondary N) is 5. The lowest BCUT2D eigenvalue weighted by atomic mass is 9.84. The summed E-state index contributed by atoms with van der Waals surface area (Å²) in [6.07, 6.45) is 4.42. The molecule has 7 aliphatic rings. The molecule has 23 nitrogen and oxygen atoms in total. The minimum Gasteiger partial charge on any atom is -0.480 e. The summed E-state index contributed by atoms with van der Waals surface area (Å²) >= 11 is 0. The molecule has 4 amide bonds. The molecule has 0 spiro atoms. The maximum atomic E-state index is 13.9. The summed E-state index contributed by atoms with van der Waals surface area (Å²) < 4.78 is 5.14. The second-order valence-electron chi connectivity index (χ2n) is 15.9. The predicted molar refractivity (Wildman–Crippen MR) is 233 cm³/mol. The predicted octanol–water partition coefficient (Wildman–Crippen LogP) is -2.84. The zero-order valence-corrected chi connectivity index (χ0v) is 36.3. The number of piperazine rings is 1. The number of rotatable bonds is 20. The van der Waals surface area contributed by atoms with Crippen LogP contribution >= 0.6 is 21.6 Å². The number of likely N-dealkylation sites (N-methyl/N-ethyl adjacent to an activating group) is 1. The average Bonchev–Trinajstić information content (AvgIpc) is 3.53. The molecule has 0 saturated carbocycles. The van der Waals surface area contributed by atoms with E-state index in [0.29, 0.717) is 35.7 Å². The fourth-order valence-electron chi connectivity index (χ4n) is 8.60. The van der Waals surface area contributed by atoms with Crippen molar-refractivity contribution in [2.24, 2.45) is 32.4 Å². The number of nitrogens with zero attached hydrogens (tertiary/aromatic N) is 5. The molecule has 10 unspecified atom stereocenters. The highest BCUT2D eigenvalue weighted by Crippen LogP contribution is 2.52. The third-order valence-electron chi connectivity index (χ3n) is 11.9. The minimum absolute atomic E-state index is 0.0162. The van der Waals surface area contributed by atoms with E-state index in [0.717, 1.165) is 10.8 Å². The van der Waals surface area contributed by atoms with Gasteiger partial charge in [-0.25, -0.2) is 19.4 Å². The first-order valence-corrected chi connectivity index (χ1v) is 22.9. The number of allylic oxidation sites excluding steroid dienone is 2. The number of guanidine groups is 1. The fraction of sp³-hybridized carbons (Fsp3) is 0.513. The van der Waals surface area contributed by atoms with Crippen LogP contribution in [-0.4, -0.2) is 178 Å². The van der Waals surface area contributed by atoms with Crippen molar-refractivity contribution < 1.29 is 53.3 Å². The molecule has 5 heterocycles. The summed E-state index contributed by atoms with van der Waals surface area (Å²) in [5.41, 5.74) is 12.6. The van der Waals surface area contributed by atoms with Crippen LogP contribution in [0, 0.1) is 5.92 Å². The van der Waals surface area contributed by atoms with Crippen LogP contribution in [0.25, 0.3) is 0 Å². The molecule has 0 bridgehead atoms. The Kier molecular flexibility index (Phi) is 13.9. The lowest BCUT2D eigenvalue weighted by molar-refractivity contribution is -0.142. The van der Waals surface area contributed by atoms with Crippen molar-refractivity contribution in [2.75, 3.05) is 44.8 Å². The maximum Gasteiger partial charge on any atom is 0.404 e. The second-order valence-corrected chi connectivity index (χ2v) is 18.5. The van der Waals surface area contributed by atoms with Gasteiger partial charge in [-0.1, -0.05) is 39.8 Å². The number of hydrogen-bond acceptors (Lipinski definition) is 19. The second kappa shape index (κ2) is 19.4. The monoisotopic (exact) mass is 924 g/mol. The zero-order valence-electron chi connectivity index (χ0n) is 34.6. The number of nitrogens with two attached hydrogens (primary N) is 2. The number of ketones is 2. The highest BCUT2D eigenvalue weighted by molar-refractivity contribution is 8.76. The number of ether oxygens (including phenoxy) is 1. The first-order chi connectivity index (χ1) is 30.5. The number of Topliss-reactive ketones (excluding diaryl/α,β-unsaturated/α-hetero) is 2. The fourth-order valence-corrected chi connectivity index (χ4v) is 10.7. The quantitative estimate of drug-likeness (QED) is 0.0257. The molecule has 64 heavy (non-hydrogen) atoms. The van der Waals surface area contributed by atoms with Crippen LogP contribution in [-0.2, 0) is 38.3 Å². The molecule has 2 saturated heterocycles. The van der Waals surface area contributed by atoms with Crippen LogP contribution in [0.5, 0.6) is 0 Å². The maximum absolute atomic E-state index is 13.9. The van der Waals surface area contributed by atoms with Crippen LogP contribution in [0.15, 0.2) is 61.3 Å². The molecule has 11 N–H and O–H groups in total. The highest BCUT2D eigenvalue weighted by atomic mass is 33.1. The number of carboxylic acid groups (broad SMARTS) is 2. The Morgan fingerprint density at radius 1 is 1.05 bits per heavy atom. The third kappa shape index (κ3) is 9.85.